The van der Waals surface area contributed by atoms with Gasteiger partial charge in [-0.3, -0.25) is 14.5 Å². The van der Waals surface area contributed by atoms with Crippen molar-refractivity contribution in [3.05, 3.63) is 101 Å². The average Bonchev–Trinajstić information content (AvgIpc) is 3.42. The lowest BCUT2D eigenvalue weighted by Crippen LogP contribution is -2.57. The Morgan fingerprint density at radius 2 is 1.83 bits per heavy atom. The van der Waals surface area contributed by atoms with E-state index in [1.807, 2.05) is 55.3 Å². The van der Waals surface area contributed by atoms with Gasteiger partial charge in [0.05, 0.1) is 17.5 Å². The number of ether oxygens (including phenoxy) is 2. The first-order valence-corrected chi connectivity index (χ1v) is 26.3. The summed E-state index contributed by atoms with van der Waals surface area (Å²) >= 11 is 8.27. The average molecular weight is 933 g/mol. The number of hydrogen-bond acceptors (Lipinski definition) is 10. The summed E-state index contributed by atoms with van der Waals surface area (Å²) in [6.07, 6.45) is 11.2. The summed E-state index contributed by atoms with van der Waals surface area (Å²) in [5, 5.41) is 3.53. The fourth-order valence-electron chi connectivity index (χ4n) is 10.8. The molecule has 5 aliphatic rings. The molecule has 14 heteroatoms. The van der Waals surface area contributed by atoms with Gasteiger partial charge in [0.2, 0.25) is 15.9 Å². The monoisotopic (exact) mass is 931 g/mol. The van der Waals surface area contributed by atoms with E-state index in [0.29, 0.717) is 51.4 Å². The van der Waals surface area contributed by atoms with Crippen molar-refractivity contribution >= 4 is 50.9 Å². The summed E-state index contributed by atoms with van der Waals surface area (Å²) in [6, 6.07) is 21.9. The number of allylic oxidation sites excluding steroid dienone is 1. The second kappa shape index (κ2) is 20.5. The Hall–Kier alpha value is -3.59. The van der Waals surface area contributed by atoms with Gasteiger partial charge in [-0.15, -0.1) is 11.8 Å². The smallest absolute Gasteiger partial charge is 0.264 e. The van der Waals surface area contributed by atoms with Gasteiger partial charge in [-0.05, 0) is 123 Å². The van der Waals surface area contributed by atoms with Crippen molar-refractivity contribution in [2.45, 2.75) is 86.4 Å². The van der Waals surface area contributed by atoms with Crippen LogP contribution in [0.2, 0.25) is 5.02 Å². The molecular weight excluding hydrogens is 866 g/mol. The van der Waals surface area contributed by atoms with Crippen LogP contribution in [0.1, 0.15) is 80.3 Å². The molecule has 11 nitrogen and oxygen atoms in total. The number of benzene rings is 3. The van der Waals surface area contributed by atoms with Crippen molar-refractivity contribution in [1.29, 1.82) is 0 Å². The first-order chi connectivity index (χ1) is 30.9. The summed E-state index contributed by atoms with van der Waals surface area (Å²) < 4.78 is 43.5. The third-order valence-corrected chi connectivity index (χ3v) is 18.0. The van der Waals surface area contributed by atoms with E-state index < -0.39 is 26.8 Å². The number of hydrogen-bond donors (Lipinski definition) is 2. The van der Waals surface area contributed by atoms with Crippen LogP contribution in [0.15, 0.2) is 83.8 Å². The van der Waals surface area contributed by atoms with Crippen LogP contribution in [0.5, 0.6) is 5.75 Å². The minimum absolute atomic E-state index is 0.175. The summed E-state index contributed by atoms with van der Waals surface area (Å²) in [5.41, 5.74) is 2.65. The Bertz CT molecular complexity index is 2270. The van der Waals surface area contributed by atoms with Crippen molar-refractivity contribution in [3.8, 4) is 5.75 Å². The number of rotatable bonds is 7. The Kier molecular flexibility index (Phi) is 15.0. The molecule has 3 aromatic carbocycles. The van der Waals surface area contributed by atoms with E-state index in [1.54, 1.807) is 24.8 Å². The molecule has 2 bridgehead atoms. The number of aryl methyl sites for hydroxylation is 1. The van der Waals surface area contributed by atoms with Crippen molar-refractivity contribution in [1.82, 2.24) is 19.8 Å². The maximum absolute atomic E-state index is 13.8. The number of amides is 2. The molecule has 0 aromatic heterocycles. The minimum atomic E-state index is -4.01. The lowest BCUT2D eigenvalue weighted by molar-refractivity contribution is -0.131. The van der Waals surface area contributed by atoms with Crippen LogP contribution in [0.4, 0.5) is 5.69 Å². The second-order valence-electron chi connectivity index (χ2n) is 18.9. The highest BCUT2D eigenvalue weighted by Crippen LogP contribution is 2.49. The fraction of sp³-hybridized carbons (Fsp3) is 0.560. The van der Waals surface area contributed by atoms with Crippen LogP contribution < -0.4 is 19.7 Å². The number of carbonyl (C=O) groups excluding carboxylic acids is 2. The molecule has 8 rings (SSSR count). The Morgan fingerprint density at radius 3 is 2.62 bits per heavy atom. The number of fused-ring (bicyclic) bond motifs is 4. The van der Waals surface area contributed by atoms with Crippen LogP contribution >= 0.6 is 23.4 Å². The first kappa shape index (κ1) is 46.9. The highest BCUT2D eigenvalue weighted by molar-refractivity contribution is 7.99. The van der Waals surface area contributed by atoms with E-state index in [-0.39, 0.29) is 34.6 Å². The van der Waals surface area contributed by atoms with Gasteiger partial charge >= 0.3 is 0 Å². The van der Waals surface area contributed by atoms with Gasteiger partial charge in [-0.2, -0.15) is 0 Å². The van der Waals surface area contributed by atoms with E-state index in [9.17, 15) is 18.0 Å². The molecule has 6 atom stereocenters. The summed E-state index contributed by atoms with van der Waals surface area (Å²) in [7, 11) is -2.18. The lowest BCUT2D eigenvalue weighted by Gasteiger charge is -2.52. The van der Waals surface area contributed by atoms with Gasteiger partial charge in [-0.25, -0.2) is 13.1 Å². The maximum atomic E-state index is 13.8. The first-order valence-electron chi connectivity index (χ1n) is 23.4. The molecule has 2 N–H and O–H groups in total. The van der Waals surface area contributed by atoms with Crippen LogP contribution in [0, 0.1) is 17.8 Å². The largest absolute Gasteiger partial charge is 0.490 e. The predicted octanol–water partition coefficient (Wildman–Crippen LogP) is 7.57. The molecule has 64 heavy (non-hydrogen) atoms. The zero-order chi connectivity index (χ0) is 44.9. The summed E-state index contributed by atoms with van der Waals surface area (Å²) in [6.45, 7) is 10.8. The molecule has 1 saturated heterocycles. The number of thioether (sulfide) groups is 1. The lowest BCUT2D eigenvalue weighted by atomic mass is 9.63. The molecule has 2 fully saturated rings. The third-order valence-electron chi connectivity index (χ3n) is 14.8. The molecule has 0 radical (unpaired) electrons. The molecule has 3 aliphatic heterocycles. The number of carbonyl (C=O) groups is 2. The molecule has 1 spiro atoms. The summed E-state index contributed by atoms with van der Waals surface area (Å²) in [5.74, 6) is 1.18. The number of anilines is 1. The highest BCUT2D eigenvalue weighted by Gasteiger charge is 2.50. The van der Waals surface area contributed by atoms with Gasteiger partial charge in [0.25, 0.3) is 5.91 Å². The number of halogens is 1. The standard InChI is InChI=1S/C50H66ClN5O6S2/c1-36-10-7-22-50(61-3,34-54-25-9-26-55(28-24-52-23-27-54)47(57)20-29-63-42-12-5-4-6-13-42)44-17-14-40(44)32-56-33-49(21-8-11-38-30-41(51)16-18-43(38)49)35-62-46-19-15-39(31-45(46)56)48(58)53-64(59,60)37(36)2/h4-7,12-13,15-16,18-19,22,30-31,36-37,40,44,52H,8-11,14,17,20-21,23-29,32-35H2,1-3H3,(H,53,58)/b22-7+/t36-,37+,40-,44+,49-,50+/m0/s1. The number of nitrogens with one attached hydrogen (secondary N) is 2. The molecule has 346 valence electrons. The third kappa shape index (κ3) is 10.5. The Balaban J connectivity index is 1.08. The van der Waals surface area contributed by atoms with Crippen LogP contribution in [0.25, 0.3) is 0 Å². The van der Waals surface area contributed by atoms with Crippen molar-refractivity contribution in [3.63, 3.8) is 0 Å². The molecule has 2 aliphatic carbocycles. The quantitative estimate of drug-likeness (QED) is 0.181. The molecule has 2 amide bonds. The van der Waals surface area contributed by atoms with Crippen LogP contribution in [-0.4, -0.2) is 119 Å². The van der Waals surface area contributed by atoms with Gasteiger partial charge < -0.3 is 24.6 Å². The summed E-state index contributed by atoms with van der Waals surface area (Å²) in [4.78, 5) is 35.4. The van der Waals surface area contributed by atoms with Crippen LogP contribution in [-0.2, 0) is 31.4 Å². The number of methoxy groups -OCH3 is 1. The molecular formula is C50H66ClN5O6S2. The van der Waals surface area contributed by atoms with Crippen molar-refractivity contribution in [2.75, 3.05) is 83.3 Å². The predicted molar refractivity (Wildman–Crippen MR) is 257 cm³/mol. The fourth-order valence-corrected chi connectivity index (χ4v) is 13.1. The van der Waals surface area contributed by atoms with Crippen molar-refractivity contribution < 1.29 is 27.5 Å². The topological polar surface area (TPSA) is 121 Å². The van der Waals surface area contributed by atoms with Crippen molar-refractivity contribution in [2.24, 2.45) is 17.8 Å². The Morgan fingerprint density at radius 1 is 1.00 bits per heavy atom. The van der Waals surface area contributed by atoms with Gasteiger partial charge in [-0.1, -0.05) is 54.9 Å². The molecule has 1 saturated carbocycles. The molecule has 3 aromatic rings. The minimum Gasteiger partial charge on any atom is -0.490 e. The molecule has 3 heterocycles. The van der Waals surface area contributed by atoms with Gasteiger partial charge in [0.1, 0.15) is 11.4 Å². The van der Waals surface area contributed by atoms with Gasteiger partial charge in [0, 0.05) is 99.1 Å². The SMILES string of the molecule is CO[C@@]1(CN2CCCN(C(=O)CCSc3ccccc3)CCNCC2)/C=C/C[C@H](C)[C@@H](C)S(=O)(=O)NC(=O)c2ccc3c(c2)N(C[C@@H]2CC[C@H]21)C[C@@]1(CCCc2cc(Cl)ccc21)CO3. The van der Waals surface area contributed by atoms with E-state index in [4.69, 9.17) is 21.1 Å². The number of sulfonamides is 1. The zero-order valence-corrected chi connectivity index (χ0v) is 40.1. The molecule has 0 unspecified atom stereocenters. The normalized spacial score (nSPS) is 29.5. The van der Waals surface area contributed by atoms with E-state index >= 15 is 0 Å². The highest BCUT2D eigenvalue weighted by atomic mass is 35.5. The van der Waals surface area contributed by atoms with Gasteiger partial charge in [0.15, 0.2) is 0 Å². The van der Waals surface area contributed by atoms with E-state index in [0.717, 1.165) is 87.7 Å². The zero-order valence-electron chi connectivity index (χ0n) is 37.7. The van der Waals surface area contributed by atoms with Crippen LogP contribution in [0.3, 0.4) is 0 Å². The van der Waals surface area contributed by atoms with E-state index in [1.165, 1.54) is 16.0 Å². The van der Waals surface area contributed by atoms with E-state index in [2.05, 4.69) is 56.3 Å². The Labute approximate surface area is 390 Å². The second-order valence-corrected chi connectivity index (χ2v) is 22.5. The number of nitrogens with zero attached hydrogens (tertiary/aromatic N) is 3. The maximum Gasteiger partial charge on any atom is 0.264 e.